The van der Waals surface area contributed by atoms with Crippen molar-refractivity contribution >= 4 is 46.7 Å². The van der Waals surface area contributed by atoms with Crippen LogP contribution in [-0.4, -0.2) is 20.0 Å². The Balaban J connectivity index is 2.31. The number of halogens is 3. The molecule has 0 aliphatic rings. The minimum absolute atomic E-state index is 0.261. The Bertz CT molecular complexity index is 770. The van der Waals surface area contributed by atoms with E-state index in [0.717, 1.165) is 0 Å². The molecule has 0 spiro atoms. The van der Waals surface area contributed by atoms with Crippen molar-refractivity contribution in [2.45, 2.75) is 0 Å². The van der Waals surface area contributed by atoms with Gasteiger partial charge in [-0.25, -0.2) is 0 Å². The molecule has 2 rings (SSSR count). The summed E-state index contributed by atoms with van der Waals surface area (Å²) in [6, 6.07) is 8.12. The summed E-state index contributed by atoms with van der Waals surface area (Å²) in [6.45, 7) is 0. The fourth-order valence-corrected chi connectivity index (χ4v) is 2.66. The Morgan fingerprint density at radius 3 is 2.39 bits per heavy atom. The van der Waals surface area contributed by atoms with Crippen LogP contribution in [0.5, 0.6) is 11.5 Å². The van der Waals surface area contributed by atoms with Crippen molar-refractivity contribution in [3.05, 3.63) is 62.6 Å². The molecule has 2 aromatic carbocycles. The lowest BCUT2D eigenvalue weighted by atomic mass is 10.1. The average Bonchev–Trinajstić information content (AvgIpc) is 2.54. The molecular formula is C17H13Cl3O3. The molecule has 0 atom stereocenters. The van der Waals surface area contributed by atoms with Crippen molar-refractivity contribution in [3.8, 4) is 11.5 Å². The molecule has 0 bridgehead atoms. The molecule has 2 aromatic rings. The van der Waals surface area contributed by atoms with E-state index in [1.807, 2.05) is 0 Å². The van der Waals surface area contributed by atoms with Crippen molar-refractivity contribution in [1.82, 2.24) is 0 Å². The van der Waals surface area contributed by atoms with Gasteiger partial charge in [-0.1, -0.05) is 40.9 Å². The second-order valence-corrected chi connectivity index (χ2v) is 5.81. The van der Waals surface area contributed by atoms with Crippen molar-refractivity contribution < 1.29 is 14.3 Å². The van der Waals surface area contributed by atoms with E-state index in [2.05, 4.69) is 0 Å². The highest BCUT2D eigenvalue weighted by Crippen LogP contribution is 2.36. The third-order valence-electron chi connectivity index (χ3n) is 3.08. The fraction of sp³-hybridized carbons (Fsp3) is 0.118. The maximum atomic E-state index is 12.2. The van der Waals surface area contributed by atoms with Gasteiger partial charge in [-0.3, -0.25) is 4.79 Å². The maximum Gasteiger partial charge on any atom is 0.187 e. The van der Waals surface area contributed by atoms with Crippen LogP contribution in [0, 0.1) is 0 Å². The van der Waals surface area contributed by atoms with Crippen LogP contribution in [0.4, 0.5) is 0 Å². The summed E-state index contributed by atoms with van der Waals surface area (Å²) in [4.78, 5) is 12.2. The van der Waals surface area contributed by atoms with Gasteiger partial charge in [0.1, 0.15) is 0 Å². The number of ketones is 1. The van der Waals surface area contributed by atoms with E-state index in [9.17, 15) is 4.79 Å². The zero-order valence-corrected chi connectivity index (χ0v) is 14.7. The van der Waals surface area contributed by atoms with Crippen LogP contribution in [-0.2, 0) is 0 Å². The van der Waals surface area contributed by atoms with Crippen molar-refractivity contribution in [2.75, 3.05) is 14.2 Å². The average molecular weight is 372 g/mol. The molecule has 6 heteroatoms. The number of benzene rings is 2. The van der Waals surface area contributed by atoms with Gasteiger partial charge in [0.05, 0.1) is 24.3 Å². The zero-order chi connectivity index (χ0) is 17.0. The largest absolute Gasteiger partial charge is 0.493 e. The summed E-state index contributed by atoms with van der Waals surface area (Å²) in [5.41, 5.74) is 1.03. The number of rotatable bonds is 5. The van der Waals surface area contributed by atoms with Crippen molar-refractivity contribution in [3.63, 3.8) is 0 Å². The minimum Gasteiger partial charge on any atom is -0.493 e. The summed E-state index contributed by atoms with van der Waals surface area (Å²) < 4.78 is 10.4. The number of methoxy groups -OCH3 is 2. The van der Waals surface area contributed by atoms with Crippen LogP contribution in [0.3, 0.4) is 0 Å². The third-order valence-corrected chi connectivity index (χ3v) is 3.92. The summed E-state index contributed by atoms with van der Waals surface area (Å²) in [6.07, 6.45) is 3.02. The van der Waals surface area contributed by atoms with Crippen molar-refractivity contribution in [1.29, 1.82) is 0 Å². The van der Waals surface area contributed by atoms with Gasteiger partial charge in [0.2, 0.25) is 0 Å². The standard InChI is InChI=1S/C17H13Cl3O3/c1-22-16-8-10(7-14(20)17(16)23-2)3-6-15(21)12-9-11(18)4-5-13(12)19/h3-9H,1-2H3/b6-3+. The molecule has 0 aliphatic heterocycles. The van der Waals surface area contributed by atoms with Crippen LogP contribution < -0.4 is 9.47 Å². The Kier molecular flexibility index (Phi) is 5.94. The van der Waals surface area contributed by atoms with E-state index in [-0.39, 0.29) is 5.78 Å². The van der Waals surface area contributed by atoms with E-state index >= 15 is 0 Å². The van der Waals surface area contributed by atoms with E-state index in [1.165, 1.54) is 26.4 Å². The Morgan fingerprint density at radius 2 is 1.74 bits per heavy atom. The van der Waals surface area contributed by atoms with Crippen LogP contribution in [0.1, 0.15) is 15.9 Å². The minimum atomic E-state index is -0.261. The Morgan fingerprint density at radius 1 is 1.00 bits per heavy atom. The first kappa shape index (κ1) is 17.7. The molecule has 0 fully saturated rings. The SMILES string of the molecule is COc1cc(/C=C/C(=O)c2cc(Cl)ccc2Cl)cc(Cl)c1OC. The summed E-state index contributed by atoms with van der Waals surface area (Å²) in [5.74, 6) is 0.659. The molecule has 0 saturated carbocycles. The van der Waals surface area contributed by atoms with Gasteiger partial charge in [-0.05, 0) is 42.0 Å². The molecule has 120 valence electrons. The van der Waals surface area contributed by atoms with Crippen LogP contribution in [0.25, 0.3) is 6.08 Å². The van der Waals surface area contributed by atoms with Crippen LogP contribution in [0.15, 0.2) is 36.4 Å². The molecule has 3 nitrogen and oxygen atoms in total. The molecular weight excluding hydrogens is 359 g/mol. The second kappa shape index (κ2) is 7.73. The Labute approximate surface area is 149 Å². The summed E-state index contributed by atoms with van der Waals surface area (Å²) in [5, 5.41) is 1.18. The van der Waals surface area contributed by atoms with Gasteiger partial charge >= 0.3 is 0 Å². The van der Waals surface area contributed by atoms with Gasteiger partial charge in [0, 0.05) is 10.6 Å². The van der Waals surface area contributed by atoms with Crippen molar-refractivity contribution in [2.24, 2.45) is 0 Å². The van der Waals surface area contributed by atoms with Gasteiger partial charge < -0.3 is 9.47 Å². The van der Waals surface area contributed by atoms with Gasteiger partial charge in [-0.2, -0.15) is 0 Å². The molecule has 0 heterocycles. The van der Waals surface area contributed by atoms with E-state index in [4.69, 9.17) is 44.3 Å². The lowest BCUT2D eigenvalue weighted by Crippen LogP contribution is -1.96. The molecule has 0 aliphatic carbocycles. The molecule has 0 radical (unpaired) electrons. The maximum absolute atomic E-state index is 12.2. The number of allylic oxidation sites excluding steroid dienone is 1. The van der Waals surface area contributed by atoms with Gasteiger partial charge in [0.15, 0.2) is 17.3 Å². The zero-order valence-electron chi connectivity index (χ0n) is 12.4. The van der Waals surface area contributed by atoms with Gasteiger partial charge in [0.25, 0.3) is 0 Å². The normalized spacial score (nSPS) is 10.8. The summed E-state index contributed by atoms with van der Waals surface area (Å²) in [7, 11) is 3.02. The lowest BCUT2D eigenvalue weighted by Gasteiger charge is -2.10. The molecule has 0 aromatic heterocycles. The van der Waals surface area contributed by atoms with Crippen LogP contribution >= 0.6 is 34.8 Å². The molecule has 0 saturated heterocycles. The lowest BCUT2D eigenvalue weighted by molar-refractivity contribution is 0.104. The monoisotopic (exact) mass is 370 g/mol. The number of hydrogen-bond acceptors (Lipinski definition) is 3. The van der Waals surface area contributed by atoms with Gasteiger partial charge in [-0.15, -0.1) is 0 Å². The number of ether oxygens (including phenoxy) is 2. The first-order chi connectivity index (χ1) is 11.0. The summed E-state index contributed by atoms with van der Waals surface area (Å²) >= 11 is 18.0. The van der Waals surface area contributed by atoms with Crippen LogP contribution in [0.2, 0.25) is 15.1 Å². The third kappa shape index (κ3) is 4.20. The second-order valence-electron chi connectivity index (χ2n) is 4.56. The quantitative estimate of drug-likeness (QED) is 0.510. The fourth-order valence-electron chi connectivity index (χ4n) is 1.98. The molecule has 0 amide bonds. The number of hydrogen-bond donors (Lipinski definition) is 0. The first-order valence-electron chi connectivity index (χ1n) is 6.55. The highest BCUT2D eigenvalue weighted by molar-refractivity contribution is 6.36. The van der Waals surface area contributed by atoms with E-state index in [1.54, 1.807) is 30.3 Å². The molecule has 0 N–H and O–H groups in total. The number of carbonyl (C=O) groups is 1. The van der Waals surface area contributed by atoms with E-state index in [0.29, 0.717) is 37.7 Å². The molecule has 23 heavy (non-hydrogen) atoms. The first-order valence-corrected chi connectivity index (χ1v) is 7.68. The topological polar surface area (TPSA) is 35.5 Å². The highest BCUT2D eigenvalue weighted by atomic mass is 35.5. The molecule has 0 unspecified atom stereocenters. The predicted octanol–water partition coefficient (Wildman–Crippen LogP) is 5.56. The smallest absolute Gasteiger partial charge is 0.187 e. The van der Waals surface area contributed by atoms with E-state index < -0.39 is 0 Å². The Hall–Kier alpha value is -1.68. The highest BCUT2D eigenvalue weighted by Gasteiger charge is 2.11. The number of carbonyl (C=O) groups excluding carboxylic acids is 1. The predicted molar refractivity (Wildman–Crippen MR) is 94.4 cm³/mol.